The molecule has 0 saturated carbocycles. The second-order valence-electron chi connectivity index (χ2n) is 13.9. The molecule has 0 radical (unpaired) electrons. The number of hydrogen-bond acceptors (Lipinski definition) is 0. The normalized spacial score (nSPS) is 11.6. The molecule has 5 heteroatoms. The third-order valence-corrected chi connectivity index (χ3v) is 11.0. The van der Waals surface area contributed by atoms with E-state index in [1.54, 1.807) is 6.07 Å². The fraction of sp³-hybridized carbons (Fsp3) is 0. The first-order valence-corrected chi connectivity index (χ1v) is 18.3. The van der Waals surface area contributed by atoms with Gasteiger partial charge in [0.15, 0.2) is 5.69 Å². The number of nitrogens with zero attached hydrogens (tertiary/aromatic N) is 5. The van der Waals surface area contributed by atoms with E-state index >= 15 is 0 Å². The van der Waals surface area contributed by atoms with E-state index in [1.807, 2.05) is 18.2 Å². The minimum Gasteiger partial charge on any atom is -0.317 e. The van der Waals surface area contributed by atoms with Gasteiger partial charge in [-0.25, -0.2) is 9.69 Å². The number of para-hydroxylation sites is 5. The van der Waals surface area contributed by atoms with Crippen LogP contribution in [0.1, 0.15) is 0 Å². The summed E-state index contributed by atoms with van der Waals surface area (Å²) >= 11 is 0. The topological polar surface area (TPSA) is 23.5 Å². The minimum atomic E-state index is 0.428. The number of benzene rings is 8. The molecule has 0 unspecified atom stereocenters. The van der Waals surface area contributed by atoms with E-state index in [0.29, 0.717) is 11.4 Å². The van der Waals surface area contributed by atoms with Crippen molar-refractivity contribution in [3.05, 3.63) is 199 Å². The summed E-state index contributed by atoms with van der Waals surface area (Å²) in [7, 11) is 0. The van der Waals surface area contributed by atoms with E-state index in [1.165, 1.54) is 21.8 Å². The lowest BCUT2D eigenvalue weighted by Gasteiger charge is -2.19. The Kier molecular flexibility index (Phi) is 6.61. The van der Waals surface area contributed by atoms with Crippen LogP contribution in [-0.4, -0.2) is 13.7 Å². The third-order valence-electron chi connectivity index (χ3n) is 11.0. The molecule has 55 heavy (non-hydrogen) atoms. The smallest absolute Gasteiger partial charge is 0.202 e. The lowest BCUT2D eigenvalue weighted by Crippen LogP contribution is -2.03. The molecule has 3 aromatic heterocycles. The molecule has 0 aliphatic carbocycles. The lowest BCUT2D eigenvalue weighted by molar-refractivity contribution is 1.10. The Labute approximate surface area is 316 Å². The Balaban J connectivity index is 1.18. The van der Waals surface area contributed by atoms with Crippen LogP contribution in [0.4, 0.5) is 11.4 Å². The average molecular weight is 700 g/mol. The van der Waals surface area contributed by atoms with Gasteiger partial charge in [0.05, 0.1) is 51.9 Å². The number of aromatic nitrogens is 3. The van der Waals surface area contributed by atoms with Crippen molar-refractivity contribution in [1.82, 2.24) is 13.7 Å². The van der Waals surface area contributed by atoms with E-state index in [4.69, 9.17) is 13.1 Å². The third kappa shape index (κ3) is 4.45. The zero-order chi connectivity index (χ0) is 36.6. The van der Waals surface area contributed by atoms with E-state index in [-0.39, 0.29) is 0 Å². The van der Waals surface area contributed by atoms with Crippen LogP contribution in [0.3, 0.4) is 0 Å². The number of fused-ring (bicyclic) bond motifs is 9. The minimum absolute atomic E-state index is 0.428. The first kappa shape index (κ1) is 30.7. The molecular weight excluding hydrogens is 671 g/mol. The molecule has 254 valence electrons. The SMILES string of the molecule is [C-]#[N+]c1cc([N+]#[C-])c(-n2c3ccccc3c3cc(-c4ccc5c(c4)c4ccccc4n5-c4ccccc4)ccc32)c(-n2c3ccccc3c3ccccc32)c1. The van der Waals surface area contributed by atoms with Gasteiger partial charge in [-0.3, -0.25) is 0 Å². The summed E-state index contributed by atoms with van der Waals surface area (Å²) in [5.74, 6) is 0. The zero-order valence-electron chi connectivity index (χ0n) is 29.5. The Bertz CT molecular complexity index is 3400. The second kappa shape index (κ2) is 11.8. The number of rotatable bonds is 4. The first-order chi connectivity index (χ1) is 27.2. The lowest BCUT2D eigenvalue weighted by atomic mass is 10.0. The van der Waals surface area contributed by atoms with Crippen molar-refractivity contribution < 1.29 is 0 Å². The zero-order valence-corrected chi connectivity index (χ0v) is 29.5. The molecule has 0 amide bonds. The summed E-state index contributed by atoms with van der Waals surface area (Å²) in [6.07, 6.45) is 0. The predicted molar refractivity (Wildman–Crippen MR) is 227 cm³/mol. The quantitative estimate of drug-likeness (QED) is 0.163. The molecule has 0 aliphatic heterocycles. The van der Waals surface area contributed by atoms with Gasteiger partial charge >= 0.3 is 0 Å². The van der Waals surface area contributed by atoms with Gasteiger partial charge in [-0.2, -0.15) is 0 Å². The maximum Gasteiger partial charge on any atom is 0.202 e. The second-order valence-corrected chi connectivity index (χ2v) is 13.9. The van der Waals surface area contributed by atoms with Crippen molar-refractivity contribution in [2.75, 3.05) is 0 Å². The summed E-state index contributed by atoms with van der Waals surface area (Å²) in [4.78, 5) is 7.94. The van der Waals surface area contributed by atoms with Crippen molar-refractivity contribution in [2.24, 2.45) is 0 Å². The Morgan fingerprint density at radius 1 is 0.345 bits per heavy atom. The molecule has 0 spiro atoms. The predicted octanol–water partition coefficient (Wildman–Crippen LogP) is 13.7. The van der Waals surface area contributed by atoms with Crippen LogP contribution in [0.15, 0.2) is 176 Å². The standard InChI is InChI=1S/C50H29N5/c1-51-34-30-42(52-2)50(49(31-34)54-44-21-11-6-16-36(44)37-17-7-12-22-45(37)54)55-46-23-13-9-19-39(46)41-29-33(25-27-48(41)55)32-24-26-47-40(28-32)38-18-8-10-20-43(38)53(47)35-14-4-3-5-15-35/h3-31H. The van der Waals surface area contributed by atoms with Crippen LogP contribution in [0.5, 0.6) is 0 Å². The van der Waals surface area contributed by atoms with Gasteiger partial charge in [-0.15, -0.1) is 0 Å². The van der Waals surface area contributed by atoms with Gasteiger partial charge in [0.1, 0.15) is 0 Å². The van der Waals surface area contributed by atoms with Gasteiger partial charge in [-0.1, -0.05) is 103 Å². The Hall–Kier alpha value is -7.86. The molecule has 5 nitrogen and oxygen atoms in total. The van der Waals surface area contributed by atoms with Gasteiger partial charge in [0, 0.05) is 43.7 Å². The van der Waals surface area contributed by atoms with Crippen LogP contribution in [-0.2, 0) is 0 Å². The molecule has 11 aromatic rings. The van der Waals surface area contributed by atoms with Crippen LogP contribution in [0.2, 0.25) is 0 Å². The molecule has 0 saturated heterocycles. The van der Waals surface area contributed by atoms with Crippen LogP contribution < -0.4 is 0 Å². The molecule has 0 N–H and O–H groups in total. The summed E-state index contributed by atoms with van der Waals surface area (Å²) in [5, 5.41) is 6.86. The average Bonchev–Trinajstić information content (AvgIpc) is 3.88. The van der Waals surface area contributed by atoms with Gasteiger partial charge in [-0.05, 0) is 83.9 Å². The molecule has 0 bridgehead atoms. The van der Waals surface area contributed by atoms with E-state index in [0.717, 1.165) is 71.8 Å². The van der Waals surface area contributed by atoms with E-state index < -0.39 is 0 Å². The van der Waals surface area contributed by atoms with Crippen LogP contribution >= 0.6 is 0 Å². The highest BCUT2D eigenvalue weighted by Crippen LogP contribution is 2.44. The highest BCUT2D eigenvalue weighted by molar-refractivity contribution is 6.14. The van der Waals surface area contributed by atoms with Crippen molar-refractivity contribution >= 4 is 76.8 Å². The van der Waals surface area contributed by atoms with Crippen LogP contribution in [0, 0.1) is 13.1 Å². The van der Waals surface area contributed by atoms with Crippen molar-refractivity contribution in [2.45, 2.75) is 0 Å². The summed E-state index contributed by atoms with van der Waals surface area (Å²) in [6.45, 7) is 16.5. The van der Waals surface area contributed by atoms with Crippen molar-refractivity contribution in [1.29, 1.82) is 0 Å². The highest BCUT2D eigenvalue weighted by atomic mass is 15.1. The molecule has 0 atom stereocenters. The maximum atomic E-state index is 8.45. The fourth-order valence-electron chi connectivity index (χ4n) is 8.72. The fourth-order valence-corrected chi connectivity index (χ4v) is 8.72. The van der Waals surface area contributed by atoms with Crippen molar-refractivity contribution in [3.63, 3.8) is 0 Å². The monoisotopic (exact) mass is 699 g/mol. The van der Waals surface area contributed by atoms with E-state index in [9.17, 15) is 0 Å². The van der Waals surface area contributed by atoms with Gasteiger partial charge < -0.3 is 13.7 Å². The molecular formula is C50H29N5. The maximum absolute atomic E-state index is 8.45. The summed E-state index contributed by atoms with van der Waals surface area (Å²) < 4.78 is 6.79. The van der Waals surface area contributed by atoms with Gasteiger partial charge in [0.2, 0.25) is 5.69 Å². The van der Waals surface area contributed by atoms with Gasteiger partial charge in [0.25, 0.3) is 0 Å². The van der Waals surface area contributed by atoms with E-state index in [2.05, 4.69) is 175 Å². The molecule has 3 heterocycles. The van der Waals surface area contributed by atoms with Crippen LogP contribution in [0.25, 0.3) is 103 Å². The molecule has 8 aromatic carbocycles. The molecule has 11 rings (SSSR count). The molecule has 0 aliphatic rings. The summed E-state index contributed by atoms with van der Waals surface area (Å²) in [6, 6.07) is 61.4. The Morgan fingerprint density at radius 2 is 0.782 bits per heavy atom. The molecule has 0 fully saturated rings. The highest BCUT2D eigenvalue weighted by Gasteiger charge is 2.23. The first-order valence-electron chi connectivity index (χ1n) is 18.3. The van der Waals surface area contributed by atoms with Crippen molar-refractivity contribution in [3.8, 4) is 28.2 Å². The Morgan fingerprint density at radius 3 is 1.31 bits per heavy atom. The summed E-state index contributed by atoms with van der Waals surface area (Å²) in [5.41, 5.74) is 12.2. The largest absolute Gasteiger partial charge is 0.317 e. The number of hydrogen-bond donors (Lipinski definition) is 0.